The molecule has 0 saturated heterocycles. The lowest BCUT2D eigenvalue weighted by molar-refractivity contribution is -0.137. The first-order valence-corrected chi connectivity index (χ1v) is 10.1. The van der Waals surface area contributed by atoms with Crippen LogP contribution in [-0.2, 0) is 30.3 Å². The van der Waals surface area contributed by atoms with Gasteiger partial charge in [-0.05, 0) is 26.3 Å². The van der Waals surface area contributed by atoms with Crippen LogP contribution in [0.4, 0.5) is 4.79 Å². The van der Waals surface area contributed by atoms with Crippen molar-refractivity contribution in [3.05, 3.63) is 48.0 Å². The third kappa shape index (κ3) is 8.21. The van der Waals surface area contributed by atoms with Gasteiger partial charge in [-0.25, -0.2) is 4.79 Å². The summed E-state index contributed by atoms with van der Waals surface area (Å²) in [7, 11) is 0. The van der Waals surface area contributed by atoms with Crippen LogP contribution in [0.1, 0.15) is 26.3 Å². The molecule has 0 unspecified atom stereocenters. The molecule has 0 fully saturated rings. The monoisotopic (exact) mass is 444 g/mol. The largest absolute Gasteiger partial charge is 0.439 e. The number of hydrogen-bond donors (Lipinski definition) is 3. The van der Waals surface area contributed by atoms with Gasteiger partial charge in [0.05, 0.1) is 0 Å². The van der Waals surface area contributed by atoms with Crippen LogP contribution in [0.2, 0.25) is 0 Å². The van der Waals surface area contributed by atoms with Crippen LogP contribution in [-0.4, -0.2) is 65.9 Å². The van der Waals surface area contributed by atoms with E-state index in [1.54, 1.807) is 20.8 Å². The molecule has 0 aromatic heterocycles. The number of nitrogens with zero attached hydrogens (tertiary/aromatic N) is 1. The topological polar surface area (TPSA) is 134 Å². The van der Waals surface area contributed by atoms with Crippen molar-refractivity contribution < 1.29 is 28.7 Å². The van der Waals surface area contributed by atoms with Crippen LogP contribution in [0, 0.1) is 0 Å². The zero-order valence-corrected chi connectivity index (χ0v) is 18.3. The van der Waals surface area contributed by atoms with Crippen molar-refractivity contribution >= 4 is 29.7 Å². The van der Waals surface area contributed by atoms with E-state index in [-0.39, 0.29) is 19.5 Å². The van der Waals surface area contributed by atoms with Crippen molar-refractivity contribution in [3.63, 3.8) is 0 Å². The number of alkyl carbamates (subject to hydrolysis) is 1. The van der Waals surface area contributed by atoms with Gasteiger partial charge >= 0.3 is 6.09 Å². The minimum absolute atomic E-state index is 0.0124. The summed E-state index contributed by atoms with van der Waals surface area (Å²) < 4.78 is 4.90. The van der Waals surface area contributed by atoms with E-state index in [0.29, 0.717) is 0 Å². The summed E-state index contributed by atoms with van der Waals surface area (Å²) in [4.78, 5) is 60.9. The molecule has 1 aliphatic heterocycles. The second kappa shape index (κ2) is 11.1. The molecule has 0 aliphatic carbocycles. The zero-order valence-electron chi connectivity index (χ0n) is 18.3. The molecule has 5 amide bonds. The SMILES string of the molecule is CC(C)(C)NC(=O)OCC(=O)N[C@@H](Cc1ccccc1)C(=O)NCCN1C(=O)C=CC1=O. The summed E-state index contributed by atoms with van der Waals surface area (Å²) in [5.74, 6) is -2.01. The van der Waals surface area contributed by atoms with E-state index in [1.165, 1.54) is 12.2 Å². The lowest BCUT2D eigenvalue weighted by Crippen LogP contribution is -2.51. The normalized spacial score (nSPS) is 14.2. The Kier molecular flexibility index (Phi) is 8.51. The molecule has 0 radical (unpaired) electrons. The van der Waals surface area contributed by atoms with Gasteiger partial charge in [-0.3, -0.25) is 24.1 Å². The maximum absolute atomic E-state index is 12.7. The number of imide groups is 1. The molecule has 10 heteroatoms. The molecule has 0 spiro atoms. The first kappa shape index (κ1) is 24.6. The van der Waals surface area contributed by atoms with E-state index >= 15 is 0 Å². The first-order valence-electron chi connectivity index (χ1n) is 10.1. The van der Waals surface area contributed by atoms with Gasteiger partial charge < -0.3 is 20.7 Å². The van der Waals surface area contributed by atoms with Crippen molar-refractivity contribution in [1.29, 1.82) is 0 Å². The summed E-state index contributed by atoms with van der Waals surface area (Å²) >= 11 is 0. The number of carbonyl (C=O) groups excluding carboxylic acids is 5. The molecule has 1 aromatic carbocycles. The third-order valence-electron chi connectivity index (χ3n) is 4.28. The van der Waals surface area contributed by atoms with Crippen molar-refractivity contribution in [3.8, 4) is 0 Å². The van der Waals surface area contributed by atoms with Crippen molar-refractivity contribution in [2.45, 2.75) is 38.8 Å². The van der Waals surface area contributed by atoms with Crippen LogP contribution in [0.25, 0.3) is 0 Å². The standard InChI is InChI=1S/C22H28N4O6/c1-22(2,3)25-21(31)32-14-17(27)24-16(13-15-7-5-4-6-8-15)20(30)23-11-12-26-18(28)9-10-19(26)29/h4-10,16H,11-14H2,1-3H3,(H,23,30)(H,24,27)(H,25,31)/t16-/m0/s1. The maximum atomic E-state index is 12.7. The van der Waals surface area contributed by atoms with Crippen molar-refractivity contribution in [2.24, 2.45) is 0 Å². The summed E-state index contributed by atoms with van der Waals surface area (Å²) in [5, 5.41) is 7.76. The molecule has 1 heterocycles. The van der Waals surface area contributed by atoms with Gasteiger partial charge in [0.25, 0.3) is 17.7 Å². The molecule has 0 bridgehead atoms. The smallest absolute Gasteiger partial charge is 0.408 e. The minimum Gasteiger partial charge on any atom is -0.439 e. The van der Waals surface area contributed by atoms with Crippen LogP contribution >= 0.6 is 0 Å². The van der Waals surface area contributed by atoms with E-state index in [9.17, 15) is 24.0 Å². The summed E-state index contributed by atoms with van der Waals surface area (Å²) in [5.41, 5.74) is 0.296. The van der Waals surface area contributed by atoms with Crippen LogP contribution in [0.15, 0.2) is 42.5 Å². The van der Waals surface area contributed by atoms with Gasteiger partial charge in [0.15, 0.2) is 6.61 Å². The number of carbonyl (C=O) groups is 5. The Morgan fingerprint density at radius 2 is 1.66 bits per heavy atom. The predicted molar refractivity (Wildman–Crippen MR) is 115 cm³/mol. The van der Waals surface area contributed by atoms with E-state index in [1.807, 2.05) is 30.3 Å². The second-order valence-electron chi connectivity index (χ2n) is 8.21. The Hall–Kier alpha value is -3.69. The van der Waals surface area contributed by atoms with E-state index in [4.69, 9.17) is 4.74 Å². The molecule has 10 nitrogen and oxygen atoms in total. The number of amides is 5. The molecular weight excluding hydrogens is 416 g/mol. The lowest BCUT2D eigenvalue weighted by atomic mass is 10.1. The van der Waals surface area contributed by atoms with Crippen molar-refractivity contribution in [1.82, 2.24) is 20.9 Å². The Bertz CT molecular complexity index is 873. The van der Waals surface area contributed by atoms with Gasteiger partial charge in [-0.15, -0.1) is 0 Å². The quantitative estimate of drug-likeness (QED) is 0.469. The summed E-state index contributed by atoms with van der Waals surface area (Å²) in [6, 6.07) is 8.13. The highest BCUT2D eigenvalue weighted by molar-refractivity contribution is 6.12. The number of rotatable bonds is 9. The number of hydrogen-bond acceptors (Lipinski definition) is 6. The zero-order chi connectivity index (χ0) is 23.7. The number of nitrogens with one attached hydrogen (secondary N) is 3. The first-order chi connectivity index (χ1) is 15.0. The van der Waals surface area contributed by atoms with Gasteiger partial charge in [-0.2, -0.15) is 0 Å². The predicted octanol–water partition coefficient (Wildman–Crippen LogP) is 0.280. The van der Waals surface area contributed by atoms with Gasteiger partial charge in [0.2, 0.25) is 5.91 Å². The van der Waals surface area contributed by atoms with Gasteiger partial charge in [-0.1, -0.05) is 30.3 Å². The van der Waals surface area contributed by atoms with E-state index < -0.39 is 47.9 Å². The van der Waals surface area contributed by atoms with Crippen LogP contribution in [0.5, 0.6) is 0 Å². The van der Waals surface area contributed by atoms with E-state index in [0.717, 1.165) is 10.5 Å². The fraction of sp³-hybridized carbons (Fsp3) is 0.409. The van der Waals surface area contributed by atoms with E-state index in [2.05, 4.69) is 16.0 Å². The van der Waals surface area contributed by atoms with Gasteiger partial charge in [0, 0.05) is 37.2 Å². The highest BCUT2D eigenvalue weighted by Crippen LogP contribution is 2.05. The maximum Gasteiger partial charge on any atom is 0.408 e. The fourth-order valence-corrected chi connectivity index (χ4v) is 2.83. The number of benzene rings is 1. The molecule has 3 N–H and O–H groups in total. The highest BCUT2D eigenvalue weighted by atomic mass is 16.6. The lowest BCUT2D eigenvalue weighted by Gasteiger charge is -2.21. The molecule has 1 aliphatic rings. The Morgan fingerprint density at radius 3 is 2.25 bits per heavy atom. The van der Waals surface area contributed by atoms with Crippen molar-refractivity contribution in [2.75, 3.05) is 19.7 Å². The molecule has 32 heavy (non-hydrogen) atoms. The second-order valence-corrected chi connectivity index (χ2v) is 8.21. The summed E-state index contributed by atoms with van der Waals surface area (Å²) in [6.45, 7) is 4.81. The third-order valence-corrected chi connectivity index (χ3v) is 4.28. The minimum atomic E-state index is -0.942. The van der Waals surface area contributed by atoms with Gasteiger partial charge in [0.1, 0.15) is 6.04 Å². The number of ether oxygens (including phenoxy) is 1. The highest BCUT2D eigenvalue weighted by Gasteiger charge is 2.25. The Labute approximate surface area is 186 Å². The molecular formula is C22H28N4O6. The molecule has 2 rings (SSSR count). The van der Waals surface area contributed by atoms with Crippen LogP contribution in [0.3, 0.4) is 0 Å². The molecule has 1 atom stereocenters. The average Bonchev–Trinajstić information content (AvgIpc) is 3.03. The molecule has 0 saturated carbocycles. The molecule has 1 aromatic rings. The Morgan fingerprint density at radius 1 is 1.03 bits per heavy atom. The average molecular weight is 444 g/mol. The molecule has 172 valence electrons. The summed E-state index contributed by atoms with van der Waals surface area (Å²) in [6.07, 6.45) is 1.79. The Balaban J connectivity index is 1.92. The van der Waals surface area contributed by atoms with Crippen LogP contribution < -0.4 is 16.0 Å². The fourth-order valence-electron chi connectivity index (χ4n) is 2.83.